The lowest BCUT2D eigenvalue weighted by Gasteiger charge is -2.10. The molecule has 0 aliphatic heterocycles. The lowest BCUT2D eigenvalue weighted by molar-refractivity contribution is -0.142. The van der Waals surface area contributed by atoms with Crippen LogP contribution in [0.2, 0.25) is 0 Å². The van der Waals surface area contributed by atoms with E-state index >= 15 is 0 Å². The highest BCUT2D eigenvalue weighted by Gasteiger charge is 2.14. The van der Waals surface area contributed by atoms with Gasteiger partial charge in [-0.15, -0.1) is 11.8 Å². The minimum Gasteiger partial charge on any atom is -0.457 e. The second kappa shape index (κ2) is 10.0. The molecule has 0 bridgehead atoms. The van der Waals surface area contributed by atoms with Crippen molar-refractivity contribution >= 4 is 46.0 Å². The Morgan fingerprint density at radius 1 is 1.16 bits per heavy atom. The Hall–Kier alpha value is -3.46. The van der Waals surface area contributed by atoms with E-state index in [1.807, 2.05) is 6.26 Å². The van der Waals surface area contributed by atoms with Crippen LogP contribution in [0.25, 0.3) is 10.9 Å². The van der Waals surface area contributed by atoms with Gasteiger partial charge in [0.15, 0.2) is 12.4 Å². The number of esters is 1. The smallest absolute Gasteiger partial charge is 0.306 e. The Morgan fingerprint density at radius 2 is 1.94 bits per heavy atom. The van der Waals surface area contributed by atoms with Gasteiger partial charge < -0.3 is 15.0 Å². The molecule has 160 valence electrons. The summed E-state index contributed by atoms with van der Waals surface area (Å²) in [4.78, 5) is 55.7. The molecule has 0 radical (unpaired) electrons. The van der Waals surface area contributed by atoms with Gasteiger partial charge in [-0.3, -0.25) is 19.2 Å². The van der Waals surface area contributed by atoms with Crippen LogP contribution in [0.15, 0.2) is 52.2 Å². The lowest BCUT2D eigenvalue weighted by Crippen LogP contribution is -2.17. The van der Waals surface area contributed by atoms with E-state index in [0.717, 1.165) is 4.90 Å². The van der Waals surface area contributed by atoms with Crippen molar-refractivity contribution in [2.24, 2.45) is 0 Å². The van der Waals surface area contributed by atoms with Gasteiger partial charge in [0.1, 0.15) is 5.82 Å². The minimum absolute atomic E-state index is 0.0306. The second-order valence-corrected chi connectivity index (χ2v) is 7.56. The summed E-state index contributed by atoms with van der Waals surface area (Å²) in [5.41, 5.74) is 1.14. The first-order valence-corrected chi connectivity index (χ1v) is 10.7. The highest BCUT2D eigenvalue weighted by Crippen LogP contribution is 2.26. The van der Waals surface area contributed by atoms with Crippen molar-refractivity contribution in [1.29, 1.82) is 0 Å². The fourth-order valence-corrected chi connectivity index (χ4v) is 3.48. The average Bonchev–Trinajstić information content (AvgIpc) is 2.75. The van der Waals surface area contributed by atoms with Crippen molar-refractivity contribution in [1.82, 2.24) is 9.97 Å². The number of H-pyrrole nitrogens is 1. The molecular weight excluding hydrogens is 418 g/mol. The topological polar surface area (TPSA) is 118 Å². The molecule has 0 saturated heterocycles. The first-order chi connectivity index (χ1) is 14.9. The lowest BCUT2D eigenvalue weighted by atomic mass is 10.1. The zero-order valence-corrected chi connectivity index (χ0v) is 17.9. The van der Waals surface area contributed by atoms with Gasteiger partial charge in [0.25, 0.3) is 5.56 Å². The number of rotatable bonds is 8. The number of Topliss-reactive ketones (excluding diaryl/α,β-unsaturated/α-hetero) is 1. The quantitative estimate of drug-likeness (QED) is 0.315. The van der Waals surface area contributed by atoms with E-state index in [0.29, 0.717) is 28.0 Å². The van der Waals surface area contributed by atoms with E-state index in [9.17, 15) is 19.2 Å². The van der Waals surface area contributed by atoms with Crippen molar-refractivity contribution in [3.05, 3.63) is 64.2 Å². The Morgan fingerprint density at radius 3 is 2.68 bits per heavy atom. The standard InChI is InChI=1S/C22H21N3O5S/c1-13(26)23-17-11-14(7-8-19(17)31-2)18(27)12-30-21(28)10-9-20-24-16-6-4-3-5-15(16)22(29)25-20/h3-8,11H,9-10,12H2,1-2H3,(H,23,26)(H,24,25,29). The van der Waals surface area contributed by atoms with Crippen LogP contribution in [0.3, 0.4) is 0 Å². The van der Waals surface area contributed by atoms with Gasteiger partial charge in [0, 0.05) is 23.8 Å². The van der Waals surface area contributed by atoms with Crippen LogP contribution in [-0.4, -0.2) is 40.5 Å². The molecule has 3 aromatic rings. The number of carbonyl (C=O) groups is 3. The number of ether oxygens (including phenoxy) is 1. The third kappa shape index (κ3) is 5.79. The van der Waals surface area contributed by atoms with E-state index < -0.39 is 12.6 Å². The molecule has 0 aliphatic rings. The molecular formula is C22H21N3O5S. The second-order valence-electron chi connectivity index (χ2n) is 6.71. The van der Waals surface area contributed by atoms with Gasteiger partial charge in [0.05, 0.1) is 23.0 Å². The van der Waals surface area contributed by atoms with Gasteiger partial charge in [-0.1, -0.05) is 18.2 Å². The maximum atomic E-state index is 12.4. The number of anilines is 1. The number of aromatic amines is 1. The SMILES string of the molecule is CSc1ccc(C(=O)COC(=O)CCc2nc3ccccc3c(=O)[nH]2)cc1NC(C)=O. The predicted molar refractivity (Wildman–Crippen MR) is 119 cm³/mol. The normalized spacial score (nSPS) is 10.6. The number of amides is 1. The van der Waals surface area contributed by atoms with Gasteiger partial charge in [-0.05, 0) is 30.5 Å². The van der Waals surface area contributed by atoms with E-state index in [-0.39, 0.29) is 30.1 Å². The van der Waals surface area contributed by atoms with Gasteiger partial charge in [-0.2, -0.15) is 0 Å². The number of thioether (sulfide) groups is 1. The summed E-state index contributed by atoms with van der Waals surface area (Å²) >= 11 is 1.44. The van der Waals surface area contributed by atoms with Crippen LogP contribution >= 0.6 is 11.8 Å². The summed E-state index contributed by atoms with van der Waals surface area (Å²) in [6.07, 6.45) is 2.01. The molecule has 1 heterocycles. The molecule has 0 aliphatic carbocycles. The number of para-hydroxylation sites is 1. The van der Waals surface area contributed by atoms with Crippen molar-refractivity contribution in [3.8, 4) is 0 Å². The zero-order chi connectivity index (χ0) is 22.4. The molecule has 0 spiro atoms. The van der Waals surface area contributed by atoms with Crippen LogP contribution in [0.1, 0.15) is 29.5 Å². The van der Waals surface area contributed by atoms with Crippen LogP contribution in [-0.2, 0) is 20.7 Å². The van der Waals surface area contributed by atoms with Crippen molar-refractivity contribution in [2.75, 3.05) is 18.2 Å². The van der Waals surface area contributed by atoms with Crippen molar-refractivity contribution < 1.29 is 19.1 Å². The molecule has 9 heteroatoms. The van der Waals surface area contributed by atoms with Crippen LogP contribution < -0.4 is 10.9 Å². The molecule has 0 atom stereocenters. The monoisotopic (exact) mass is 439 g/mol. The average molecular weight is 439 g/mol. The molecule has 1 aromatic heterocycles. The minimum atomic E-state index is -0.577. The highest BCUT2D eigenvalue weighted by atomic mass is 32.2. The van der Waals surface area contributed by atoms with Crippen molar-refractivity contribution in [2.45, 2.75) is 24.7 Å². The van der Waals surface area contributed by atoms with Crippen LogP contribution in [0.5, 0.6) is 0 Å². The molecule has 2 N–H and O–H groups in total. The van der Waals surface area contributed by atoms with E-state index in [2.05, 4.69) is 15.3 Å². The largest absolute Gasteiger partial charge is 0.457 e. The summed E-state index contributed by atoms with van der Waals surface area (Å²) in [7, 11) is 0. The molecule has 3 rings (SSSR count). The number of hydrogen-bond acceptors (Lipinski definition) is 7. The third-order valence-corrected chi connectivity index (χ3v) is 5.22. The summed E-state index contributed by atoms with van der Waals surface area (Å²) in [6, 6.07) is 11.8. The number of aromatic nitrogens is 2. The molecule has 8 nitrogen and oxygen atoms in total. The summed E-state index contributed by atoms with van der Waals surface area (Å²) in [6.45, 7) is 0.969. The van der Waals surface area contributed by atoms with E-state index in [1.165, 1.54) is 18.7 Å². The third-order valence-electron chi connectivity index (χ3n) is 4.42. The molecule has 0 unspecified atom stereocenters. The zero-order valence-electron chi connectivity index (χ0n) is 17.1. The number of nitrogens with zero attached hydrogens (tertiary/aromatic N) is 1. The number of hydrogen-bond donors (Lipinski definition) is 2. The molecule has 0 fully saturated rings. The van der Waals surface area contributed by atoms with E-state index in [4.69, 9.17) is 4.74 Å². The summed E-state index contributed by atoms with van der Waals surface area (Å²) in [5, 5.41) is 3.16. The molecule has 1 amide bonds. The number of aryl methyl sites for hydroxylation is 1. The number of fused-ring (bicyclic) bond motifs is 1. The number of nitrogens with one attached hydrogen (secondary N) is 2. The summed E-state index contributed by atoms with van der Waals surface area (Å²) < 4.78 is 5.07. The van der Waals surface area contributed by atoms with Gasteiger partial charge >= 0.3 is 5.97 Å². The Labute approximate surface area is 182 Å². The Balaban J connectivity index is 1.58. The Kier molecular flexibility index (Phi) is 7.19. The number of carbonyl (C=O) groups excluding carboxylic acids is 3. The maximum absolute atomic E-state index is 12.4. The number of benzene rings is 2. The van der Waals surface area contributed by atoms with Crippen LogP contribution in [0.4, 0.5) is 5.69 Å². The van der Waals surface area contributed by atoms with Crippen LogP contribution in [0, 0.1) is 0 Å². The fraction of sp³-hybridized carbons (Fsp3) is 0.227. The molecule has 31 heavy (non-hydrogen) atoms. The van der Waals surface area contributed by atoms with Gasteiger partial charge in [0.2, 0.25) is 5.91 Å². The maximum Gasteiger partial charge on any atom is 0.306 e. The molecule has 0 saturated carbocycles. The Bertz CT molecular complexity index is 1210. The summed E-state index contributed by atoms with van der Waals surface area (Å²) in [5.74, 6) is -0.830. The first-order valence-electron chi connectivity index (χ1n) is 9.49. The highest BCUT2D eigenvalue weighted by molar-refractivity contribution is 7.98. The molecule has 2 aromatic carbocycles. The fourth-order valence-electron chi connectivity index (χ4n) is 2.94. The van der Waals surface area contributed by atoms with E-state index in [1.54, 1.807) is 42.5 Å². The predicted octanol–water partition coefficient (Wildman–Crippen LogP) is 2.96. The number of ketones is 1. The van der Waals surface area contributed by atoms with Crippen molar-refractivity contribution in [3.63, 3.8) is 0 Å². The van der Waals surface area contributed by atoms with Gasteiger partial charge in [-0.25, -0.2) is 4.98 Å². The first kappa shape index (κ1) is 22.2.